The van der Waals surface area contributed by atoms with E-state index in [1.165, 1.54) is 12.8 Å². The second kappa shape index (κ2) is 5.26. The maximum Gasteiger partial charge on any atom is 0.134 e. The molecule has 0 amide bonds. The number of benzene rings is 2. The molecule has 1 aromatic heterocycles. The number of hydrogen-bond acceptors (Lipinski definition) is 3. The van der Waals surface area contributed by atoms with Crippen LogP contribution in [0.5, 0.6) is 11.5 Å². The number of nitrogens with one attached hydrogen (secondary N) is 1. The summed E-state index contributed by atoms with van der Waals surface area (Å²) in [6.07, 6.45) is 2.57. The van der Waals surface area contributed by atoms with Gasteiger partial charge in [-0.15, -0.1) is 0 Å². The Morgan fingerprint density at radius 1 is 1.00 bits per heavy atom. The van der Waals surface area contributed by atoms with Crippen molar-refractivity contribution in [1.82, 2.24) is 5.32 Å². The average molecular weight is 279 g/mol. The van der Waals surface area contributed by atoms with Crippen LogP contribution in [0.2, 0.25) is 0 Å². The van der Waals surface area contributed by atoms with E-state index in [0.29, 0.717) is 6.04 Å². The minimum atomic E-state index is 0.690. The van der Waals surface area contributed by atoms with Gasteiger partial charge in [-0.2, -0.15) is 0 Å². The highest BCUT2D eigenvalue weighted by molar-refractivity contribution is 5.79. The van der Waals surface area contributed by atoms with Gasteiger partial charge >= 0.3 is 0 Å². The van der Waals surface area contributed by atoms with E-state index in [-0.39, 0.29) is 0 Å². The molecule has 0 saturated heterocycles. The third-order valence-corrected chi connectivity index (χ3v) is 3.66. The van der Waals surface area contributed by atoms with Crippen LogP contribution in [-0.2, 0) is 6.54 Å². The lowest BCUT2D eigenvalue weighted by molar-refractivity contribution is 0.482. The fourth-order valence-corrected chi connectivity index (χ4v) is 2.38. The molecule has 1 fully saturated rings. The number of ether oxygens (including phenoxy) is 1. The first kappa shape index (κ1) is 12.5. The molecule has 3 nitrogen and oxygen atoms in total. The first-order valence-electron chi connectivity index (χ1n) is 7.35. The van der Waals surface area contributed by atoms with E-state index in [4.69, 9.17) is 9.15 Å². The van der Waals surface area contributed by atoms with Crippen molar-refractivity contribution in [1.29, 1.82) is 0 Å². The lowest BCUT2D eigenvalue weighted by Gasteiger charge is -2.04. The molecule has 0 bridgehead atoms. The highest BCUT2D eigenvalue weighted by Gasteiger charge is 2.20. The molecule has 21 heavy (non-hydrogen) atoms. The molecule has 0 atom stereocenters. The number of fused-ring (bicyclic) bond motifs is 1. The summed E-state index contributed by atoms with van der Waals surface area (Å²) in [7, 11) is 0. The summed E-state index contributed by atoms with van der Waals surface area (Å²) in [5, 5.41) is 4.54. The number of para-hydroxylation sites is 1. The van der Waals surface area contributed by atoms with Gasteiger partial charge in [-0.3, -0.25) is 0 Å². The quantitative estimate of drug-likeness (QED) is 0.748. The Hall–Kier alpha value is -2.26. The molecular weight excluding hydrogens is 262 g/mol. The van der Waals surface area contributed by atoms with Gasteiger partial charge in [-0.05, 0) is 49.2 Å². The van der Waals surface area contributed by atoms with Gasteiger partial charge in [-0.1, -0.05) is 18.2 Å². The standard InChI is InChI=1S/C18H17NO2/c1-2-4-15(5-3-1)20-16-8-9-18-13(10-16)11-17(21-18)12-19-14-6-7-14/h1-5,8-11,14,19H,6-7,12H2. The maximum atomic E-state index is 5.85. The van der Waals surface area contributed by atoms with Crippen LogP contribution in [0.4, 0.5) is 0 Å². The van der Waals surface area contributed by atoms with Crippen molar-refractivity contribution in [2.75, 3.05) is 0 Å². The van der Waals surface area contributed by atoms with Gasteiger partial charge in [-0.25, -0.2) is 0 Å². The molecular formula is C18H17NO2. The van der Waals surface area contributed by atoms with E-state index in [0.717, 1.165) is 34.8 Å². The third-order valence-electron chi connectivity index (χ3n) is 3.66. The van der Waals surface area contributed by atoms with Crippen LogP contribution < -0.4 is 10.1 Å². The van der Waals surface area contributed by atoms with Crippen molar-refractivity contribution in [3.8, 4) is 11.5 Å². The fourth-order valence-electron chi connectivity index (χ4n) is 2.38. The first-order valence-corrected chi connectivity index (χ1v) is 7.35. The Balaban J connectivity index is 1.54. The largest absolute Gasteiger partial charge is 0.460 e. The normalized spacial score (nSPS) is 14.5. The highest BCUT2D eigenvalue weighted by atomic mass is 16.5. The fraction of sp³-hybridized carbons (Fsp3) is 0.222. The van der Waals surface area contributed by atoms with Crippen LogP contribution in [0.3, 0.4) is 0 Å². The van der Waals surface area contributed by atoms with Crippen molar-refractivity contribution in [2.45, 2.75) is 25.4 Å². The van der Waals surface area contributed by atoms with E-state index < -0.39 is 0 Å². The van der Waals surface area contributed by atoms with Gasteiger partial charge < -0.3 is 14.5 Å². The summed E-state index contributed by atoms with van der Waals surface area (Å²) >= 11 is 0. The molecule has 0 radical (unpaired) electrons. The van der Waals surface area contributed by atoms with Gasteiger partial charge in [0, 0.05) is 11.4 Å². The summed E-state index contributed by atoms with van der Waals surface area (Å²) < 4.78 is 11.7. The average Bonchev–Trinajstić information content (AvgIpc) is 3.25. The van der Waals surface area contributed by atoms with E-state index in [1.807, 2.05) is 48.5 Å². The summed E-state index contributed by atoms with van der Waals surface area (Å²) in [5.74, 6) is 2.65. The minimum absolute atomic E-state index is 0.690. The topological polar surface area (TPSA) is 34.4 Å². The Labute approximate surface area is 123 Å². The zero-order valence-corrected chi connectivity index (χ0v) is 11.7. The van der Waals surface area contributed by atoms with Gasteiger partial charge in [0.1, 0.15) is 22.8 Å². The van der Waals surface area contributed by atoms with Crippen LogP contribution in [0.1, 0.15) is 18.6 Å². The van der Waals surface area contributed by atoms with Gasteiger partial charge in [0.2, 0.25) is 0 Å². The summed E-state index contributed by atoms with van der Waals surface area (Å²) in [5.41, 5.74) is 0.906. The third kappa shape index (κ3) is 2.93. The van der Waals surface area contributed by atoms with E-state index >= 15 is 0 Å². The van der Waals surface area contributed by atoms with Gasteiger partial charge in [0.15, 0.2) is 0 Å². The lowest BCUT2D eigenvalue weighted by atomic mass is 10.2. The van der Waals surface area contributed by atoms with E-state index in [1.54, 1.807) is 0 Å². The molecule has 106 valence electrons. The Morgan fingerprint density at radius 2 is 1.86 bits per heavy atom. The van der Waals surface area contributed by atoms with Crippen molar-refractivity contribution in [3.63, 3.8) is 0 Å². The second-order valence-corrected chi connectivity index (χ2v) is 5.48. The molecule has 1 heterocycles. The van der Waals surface area contributed by atoms with E-state index in [2.05, 4.69) is 11.4 Å². The lowest BCUT2D eigenvalue weighted by Crippen LogP contribution is -2.14. The minimum Gasteiger partial charge on any atom is -0.460 e. The smallest absolute Gasteiger partial charge is 0.134 e. The molecule has 1 aliphatic carbocycles. The molecule has 3 aromatic rings. The maximum absolute atomic E-state index is 5.85. The number of rotatable bonds is 5. The highest BCUT2D eigenvalue weighted by Crippen LogP contribution is 2.28. The van der Waals surface area contributed by atoms with Crippen LogP contribution in [0.15, 0.2) is 59.0 Å². The van der Waals surface area contributed by atoms with Crippen molar-refractivity contribution >= 4 is 11.0 Å². The molecule has 4 rings (SSSR count). The van der Waals surface area contributed by atoms with Crippen LogP contribution in [0.25, 0.3) is 11.0 Å². The molecule has 0 aliphatic heterocycles. The molecule has 1 aliphatic rings. The Bertz CT molecular complexity index is 744. The molecule has 1 saturated carbocycles. The SMILES string of the molecule is c1ccc(Oc2ccc3oc(CNC4CC4)cc3c2)cc1. The molecule has 2 aromatic carbocycles. The second-order valence-electron chi connectivity index (χ2n) is 5.48. The number of hydrogen-bond donors (Lipinski definition) is 1. The molecule has 3 heteroatoms. The summed E-state index contributed by atoms with van der Waals surface area (Å²) in [6.45, 7) is 0.800. The zero-order valence-electron chi connectivity index (χ0n) is 11.7. The van der Waals surface area contributed by atoms with Crippen LogP contribution in [0, 0.1) is 0 Å². The number of furan rings is 1. The predicted molar refractivity (Wildman–Crippen MR) is 82.6 cm³/mol. The van der Waals surface area contributed by atoms with Crippen molar-refractivity contribution in [3.05, 3.63) is 60.4 Å². The molecule has 0 unspecified atom stereocenters. The molecule has 0 spiro atoms. The van der Waals surface area contributed by atoms with Crippen molar-refractivity contribution < 1.29 is 9.15 Å². The zero-order chi connectivity index (χ0) is 14.1. The monoisotopic (exact) mass is 279 g/mol. The van der Waals surface area contributed by atoms with Crippen LogP contribution >= 0.6 is 0 Å². The first-order chi connectivity index (χ1) is 10.4. The predicted octanol–water partition coefficient (Wildman–Crippen LogP) is 4.48. The van der Waals surface area contributed by atoms with E-state index in [9.17, 15) is 0 Å². The summed E-state index contributed by atoms with van der Waals surface area (Å²) in [4.78, 5) is 0. The molecule has 1 N–H and O–H groups in total. The Morgan fingerprint density at radius 3 is 2.67 bits per heavy atom. The van der Waals surface area contributed by atoms with Gasteiger partial charge in [0.05, 0.1) is 6.54 Å². The Kier molecular flexibility index (Phi) is 3.13. The van der Waals surface area contributed by atoms with Gasteiger partial charge in [0.25, 0.3) is 0 Å². The van der Waals surface area contributed by atoms with Crippen molar-refractivity contribution in [2.24, 2.45) is 0 Å². The summed E-state index contributed by atoms with van der Waals surface area (Å²) in [6, 6.07) is 18.5. The van der Waals surface area contributed by atoms with Crippen LogP contribution in [-0.4, -0.2) is 6.04 Å².